The summed E-state index contributed by atoms with van der Waals surface area (Å²) < 4.78 is 16.6. The third kappa shape index (κ3) is 6.43. The first-order valence-electron chi connectivity index (χ1n) is 11.9. The highest BCUT2D eigenvalue weighted by molar-refractivity contribution is 6.05. The van der Waals surface area contributed by atoms with Crippen LogP contribution in [-0.4, -0.2) is 83.6 Å². The maximum absolute atomic E-state index is 13.0. The number of aromatic amines is 1. The number of rotatable bonds is 6. The molecule has 1 aromatic heterocycles. The van der Waals surface area contributed by atoms with Crippen molar-refractivity contribution < 1.29 is 23.8 Å². The zero-order valence-electron chi connectivity index (χ0n) is 20.6. The molecule has 0 radical (unpaired) electrons. The number of morpholine rings is 1. The number of benzene rings is 1. The molecule has 4 N–H and O–H groups in total. The highest BCUT2D eigenvalue weighted by Gasteiger charge is 2.30. The number of carbonyl (C=O) groups excluding carboxylic acids is 2. The molecular weight excluding hydrogens is 452 g/mol. The summed E-state index contributed by atoms with van der Waals surface area (Å²) in [7, 11) is 0. The van der Waals surface area contributed by atoms with E-state index in [1.54, 1.807) is 23.1 Å². The smallest absolute Gasteiger partial charge is 0.410 e. The van der Waals surface area contributed by atoms with Crippen LogP contribution in [0.3, 0.4) is 0 Å². The molecule has 11 nitrogen and oxygen atoms in total. The van der Waals surface area contributed by atoms with Crippen molar-refractivity contribution >= 4 is 23.4 Å². The van der Waals surface area contributed by atoms with E-state index in [4.69, 9.17) is 19.9 Å². The molecule has 4 rings (SSSR count). The van der Waals surface area contributed by atoms with Crippen molar-refractivity contribution in [2.75, 3.05) is 57.1 Å². The fraction of sp³-hybridized carbons (Fsp3) is 0.542. The summed E-state index contributed by atoms with van der Waals surface area (Å²) in [5.41, 5.74) is 8.20. The molecule has 3 heterocycles. The number of hydrogen-bond donors (Lipinski definition) is 3. The van der Waals surface area contributed by atoms with Crippen LogP contribution in [0.2, 0.25) is 0 Å². The van der Waals surface area contributed by atoms with Crippen LogP contribution < -0.4 is 15.8 Å². The number of amides is 2. The minimum Gasteiger partial charge on any atom is -0.492 e. The van der Waals surface area contributed by atoms with Crippen molar-refractivity contribution in [2.24, 2.45) is 0 Å². The molecule has 190 valence electrons. The van der Waals surface area contributed by atoms with Crippen LogP contribution in [-0.2, 0) is 22.4 Å². The fourth-order valence-electron chi connectivity index (χ4n) is 4.01. The summed E-state index contributed by atoms with van der Waals surface area (Å²) in [6, 6.07) is 5.18. The molecule has 2 amide bonds. The molecule has 11 heteroatoms. The van der Waals surface area contributed by atoms with Gasteiger partial charge in [-0.15, -0.1) is 0 Å². The highest BCUT2D eigenvalue weighted by Crippen LogP contribution is 2.27. The number of H-pyrrole nitrogens is 1. The molecule has 0 saturated carbocycles. The fourth-order valence-corrected chi connectivity index (χ4v) is 4.01. The maximum Gasteiger partial charge on any atom is 0.410 e. The second kappa shape index (κ2) is 10.5. The van der Waals surface area contributed by atoms with E-state index < -0.39 is 17.6 Å². The molecule has 2 aliphatic heterocycles. The normalized spacial score (nSPS) is 16.5. The monoisotopic (exact) mass is 486 g/mol. The van der Waals surface area contributed by atoms with Crippen molar-refractivity contribution in [3.05, 3.63) is 35.2 Å². The van der Waals surface area contributed by atoms with Crippen LogP contribution >= 0.6 is 0 Å². The van der Waals surface area contributed by atoms with Gasteiger partial charge in [0.15, 0.2) is 5.69 Å². The molecule has 1 fully saturated rings. The number of carbonyl (C=O) groups is 2. The van der Waals surface area contributed by atoms with Crippen LogP contribution in [0, 0.1) is 0 Å². The number of nitrogens with two attached hydrogens (primary N) is 1. The number of anilines is 2. The summed E-state index contributed by atoms with van der Waals surface area (Å²) in [6.45, 7) is 10.9. The summed E-state index contributed by atoms with van der Waals surface area (Å²) >= 11 is 0. The Labute approximate surface area is 204 Å². The third-order valence-corrected chi connectivity index (χ3v) is 5.85. The van der Waals surface area contributed by atoms with Crippen LogP contribution in [0.4, 0.5) is 16.2 Å². The lowest BCUT2D eigenvalue weighted by Gasteiger charge is -2.30. The second-order valence-electron chi connectivity index (χ2n) is 9.69. The quantitative estimate of drug-likeness (QED) is 0.529. The van der Waals surface area contributed by atoms with Gasteiger partial charge in [0, 0.05) is 49.9 Å². The van der Waals surface area contributed by atoms with E-state index in [-0.39, 0.29) is 12.2 Å². The minimum atomic E-state index is -0.593. The first-order chi connectivity index (χ1) is 16.7. The molecule has 35 heavy (non-hydrogen) atoms. The van der Waals surface area contributed by atoms with Gasteiger partial charge in [-0.25, -0.2) is 4.79 Å². The van der Waals surface area contributed by atoms with Crippen LogP contribution in [0.1, 0.15) is 42.5 Å². The number of nitrogen functional groups attached to an aromatic ring is 1. The van der Waals surface area contributed by atoms with Crippen LogP contribution in [0.15, 0.2) is 18.2 Å². The lowest BCUT2D eigenvalue weighted by atomic mass is 10.1. The Hall–Kier alpha value is -3.31. The van der Waals surface area contributed by atoms with E-state index in [0.717, 1.165) is 38.5 Å². The number of fused-ring (bicyclic) bond motifs is 1. The summed E-state index contributed by atoms with van der Waals surface area (Å²) in [4.78, 5) is 29.4. The molecule has 0 unspecified atom stereocenters. The topological polar surface area (TPSA) is 135 Å². The van der Waals surface area contributed by atoms with Crippen molar-refractivity contribution in [3.63, 3.8) is 0 Å². The van der Waals surface area contributed by atoms with Gasteiger partial charge in [0.2, 0.25) is 0 Å². The van der Waals surface area contributed by atoms with Gasteiger partial charge in [-0.05, 0) is 32.9 Å². The first kappa shape index (κ1) is 24.8. The largest absolute Gasteiger partial charge is 0.492 e. The molecule has 1 aromatic carbocycles. The maximum atomic E-state index is 13.0. The highest BCUT2D eigenvalue weighted by atomic mass is 16.6. The number of nitrogens with zero attached hydrogens (tertiary/aromatic N) is 3. The van der Waals surface area contributed by atoms with E-state index in [0.29, 0.717) is 42.3 Å². The van der Waals surface area contributed by atoms with Crippen molar-refractivity contribution in [1.29, 1.82) is 0 Å². The molecule has 0 atom stereocenters. The van der Waals surface area contributed by atoms with Gasteiger partial charge in [-0.3, -0.25) is 14.8 Å². The van der Waals surface area contributed by atoms with Crippen molar-refractivity contribution in [3.8, 4) is 5.75 Å². The van der Waals surface area contributed by atoms with Crippen molar-refractivity contribution in [2.45, 2.75) is 39.3 Å². The Morgan fingerprint density at radius 2 is 2.00 bits per heavy atom. The van der Waals surface area contributed by atoms with Gasteiger partial charge in [-0.1, -0.05) is 0 Å². The van der Waals surface area contributed by atoms with Gasteiger partial charge in [0.25, 0.3) is 5.91 Å². The molecule has 1 saturated heterocycles. The van der Waals surface area contributed by atoms with Crippen LogP contribution in [0.5, 0.6) is 5.75 Å². The van der Waals surface area contributed by atoms with Gasteiger partial charge in [0.1, 0.15) is 18.0 Å². The molecule has 2 aromatic rings. The zero-order chi connectivity index (χ0) is 25.0. The Kier molecular flexibility index (Phi) is 7.46. The number of hydrogen-bond acceptors (Lipinski definition) is 8. The van der Waals surface area contributed by atoms with Gasteiger partial charge >= 0.3 is 6.09 Å². The minimum absolute atomic E-state index is 0.235. The average molecular weight is 487 g/mol. The van der Waals surface area contributed by atoms with Crippen LogP contribution in [0.25, 0.3) is 0 Å². The lowest BCUT2D eigenvalue weighted by molar-refractivity contribution is 0.0222. The first-order valence-corrected chi connectivity index (χ1v) is 11.9. The standard InChI is InChI=1S/C24H34N6O5/c1-24(2,3)35-23(32)30-7-6-19-17(15-30)21(28-27-19)22(31)26-20-5-4-16(14-18(20)25)34-13-10-29-8-11-33-12-9-29/h4-5,14H,6-13,15,25H2,1-3H3,(H,26,31)(H,27,28). The second-order valence-corrected chi connectivity index (χ2v) is 9.69. The van der Waals surface area contributed by atoms with E-state index in [2.05, 4.69) is 20.4 Å². The lowest BCUT2D eigenvalue weighted by Crippen LogP contribution is -2.40. The summed E-state index contributed by atoms with van der Waals surface area (Å²) in [5, 5.41) is 9.94. The van der Waals surface area contributed by atoms with Gasteiger partial charge in [0.05, 0.1) is 31.1 Å². The molecule has 0 bridgehead atoms. The Morgan fingerprint density at radius 3 is 2.71 bits per heavy atom. The molecular formula is C24H34N6O5. The Balaban J connectivity index is 1.35. The van der Waals surface area contributed by atoms with E-state index in [1.165, 1.54) is 0 Å². The Morgan fingerprint density at radius 1 is 1.23 bits per heavy atom. The van der Waals surface area contributed by atoms with Gasteiger partial charge < -0.3 is 30.2 Å². The van der Waals surface area contributed by atoms with E-state index >= 15 is 0 Å². The van der Waals surface area contributed by atoms with Gasteiger partial charge in [-0.2, -0.15) is 5.10 Å². The summed E-state index contributed by atoms with van der Waals surface area (Å²) in [5.74, 6) is 0.236. The van der Waals surface area contributed by atoms with Crippen molar-refractivity contribution in [1.82, 2.24) is 20.0 Å². The zero-order valence-corrected chi connectivity index (χ0v) is 20.6. The number of aromatic nitrogens is 2. The average Bonchev–Trinajstić information content (AvgIpc) is 3.24. The third-order valence-electron chi connectivity index (χ3n) is 5.85. The van der Waals surface area contributed by atoms with E-state index in [1.807, 2.05) is 20.8 Å². The number of ether oxygens (including phenoxy) is 3. The predicted molar refractivity (Wildman–Crippen MR) is 130 cm³/mol. The summed E-state index contributed by atoms with van der Waals surface area (Å²) in [6.07, 6.45) is 0.150. The molecule has 0 aliphatic carbocycles. The van der Waals surface area contributed by atoms with E-state index in [9.17, 15) is 9.59 Å². The Bertz CT molecular complexity index is 1060. The molecule has 2 aliphatic rings. The predicted octanol–water partition coefficient (Wildman–Crippen LogP) is 2.25. The molecule has 0 spiro atoms. The SMILES string of the molecule is CC(C)(C)OC(=O)N1CCc2[nH]nc(C(=O)Nc3ccc(OCCN4CCOCC4)cc3N)c2C1. The number of nitrogens with one attached hydrogen (secondary N) is 2.